The number of carbonyl (C=O) groups is 1. The van der Waals surface area contributed by atoms with E-state index in [1.54, 1.807) is 0 Å². The molecule has 2 fully saturated rings. The van der Waals surface area contributed by atoms with Crippen LogP contribution in [0, 0.1) is 11.8 Å². The van der Waals surface area contributed by atoms with Crippen molar-refractivity contribution in [3.05, 3.63) is 35.9 Å². The molecule has 0 aromatic heterocycles. The number of hydrogen-bond acceptors (Lipinski definition) is 3. The first-order valence-corrected chi connectivity index (χ1v) is 9.55. The Bertz CT molecular complexity index is 551. The summed E-state index contributed by atoms with van der Waals surface area (Å²) in [5.41, 5.74) is 1.33. The van der Waals surface area contributed by atoms with Crippen LogP contribution in [0.2, 0.25) is 0 Å². The first kappa shape index (κ1) is 18.2. The highest BCUT2D eigenvalue weighted by Gasteiger charge is 2.33. The van der Waals surface area contributed by atoms with Gasteiger partial charge in [0.1, 0.15) is 0 Å². The van der Waals surface area contributed by atoms with Gasteiger partial charge >= 0.3 is 6.03 Å². The minimum atomic E-state index is 0.0948. The van der Waals surface area contributed by atoms with Gasteiger partial charge in [0.2, 0.25) is 0 Å². The van der Waals surface area contributed by atoms with Crippen LogP contribution in [0.3, 0.4) is 0 Å². The van der Waals surface area contributed by atoms with Gasteiger partial charge < -0.3 is 15.0 Å². The molecule has 138 valence electrons. The fourth-order valence-electron chi connectivity index (χ4n) is 3.91. The maximum absolute atomic E-state index is 12.6. The quantitative estimate of drug-likeness (QED) is 0.862. The van der Waals surface area contributed by atoms with Gasteiger partial charge in [-0.25, -0.2) is 4.79 Å². The monoisotopic (exact) mass is 345 g/mol. The Kier molecular flexibility index (Phi) is 6.32. The van der Waals surface area contributed by atoms with Crippen molar-refractivity contribution in [1.82, 2.24) is 15.1 Å². The second-order valence-electron chi connectivity index (χ2n) is 7.47. The van der Waals surface area contributed by atoms with Crippen LogP contribution in [-0.4, -0.2) is 61.3 Å². The lowest BCUT2D eigenvalue weighted by molar-refractivity contribution is 0.113. The van der Waals surface area contributed by atoms with E-state index in [1.807, 2.05) is 17.9 Å². The van der Waals surface area contributed by atoms with Crippen LogP contribution in [-0.2, 0) is 11.3 Å². The zero-order valence-electron chi connectivity index (χ0n) is 15.5. The van der Waals surface area contributed by atoms with Gasteiger partial charge in [0.15, 0.2) is 0 Å². The Morgan fingerprint density at radius 2 is 2.04 bits per heavy atom. The molecule has 1 N–H and O–H groups in total. The zero-order chi connectivity index (χ0) is 17.6. The summed E-state index contributed by atoms with van der Waals surface area (Å²) in [6, 6.07) is 10.9. The highest BCUT2D eigenvalue weighted by Crippen LogP contribution is 2.21. The van der Waals surface area contributed by atoms with Gasteiger partial charge in [0.05, 0.1) is 6.61 Å². The lowest BCUT2D eigenvalue weighted by Gasteiger charge is -2.23. The number of nitrogens with one attached hydrogen (secondary N) is 1. The van der Waals surface area contributed by atoms with Crippen LogP contribution in [0.4, 0.5) is 4.79 Å². The van der Waals surface area contributed by atoms with E-state index in [4.69, 9.17) is 4.74 Å². The van der Waals surface area contributed by atoms with Crippen molar-refractivity contribution in [1.29, 1.82) is 0 Å². The number of benzene rings is 1. The summed E-state index contributed by atoms with van der Waals surface area (Å²) < 4.78 is 5.50. The minimum absolute atomic E-state index is 0.0948. The average Bonchev–Trinajstić information content (AvgIpc) is 3.21. The number of amides is 2. The minimum Gasteiger partial charge on any atom is -0.381 e. The molecule has 5 nitrogen and oxygen atoms in total. The van der Waals surface area contributed by atoms with Crippen molar-refractivity contribution in [3.8, 4) is 0 Å². The molecule has 0 radical (unpaired) electrons. The van der Waals surface area contributed by atoms with Crippen LogP contribution in [0.25, 0.3) is 0 Å². The number of nitrogens with zero attached hydrogens (tertiary/aromatic N) is 2. The number of ether oxygens (including phenoxy) is 1. The topological polar surface area (TPSA) is 44.8 Å². The molecule has 2 amide bonds. The number of hydrogen-bond donors (Lipinski definition) is 1. The summed E-state index contributed by atoms with van der Waals surface area (Å²) >= 11 is 0. The van der Waals surface area contributed by atoms with Crippen molar-refractivity contribution in [2.24, 2.45) is 11.8 Å². The predicted molar refractivity (Wildman–Crippen MR) is 99.4 cm³/mol. The molecule has 25 heavy (non-hydrogen) atoms. The van der Waals surface area contributed by atoms with Gasteiger partial charge in [-0.2, -0.15) is 0 Å². The third kappa shape index (κ3) is 4.95. The molecule has 1 aromatic carbocycles. The fraction of sp³-hybridized carbons (Fsp3) is 0.650. The standard InChI is InChI=1S/C20H31N3O2/c1-3-25-15-18-9-10-23(13-18)20(24)21-19-14-22(11-16(19)2)12-17-7-5-4-6-8-17/h4-8,16,18-19H,3,9-15H2,1-2H3,(H,21,24). The molecule has 2 saturated heterocycles. The van der Waals surface area contributed by atoms with Crippen LogP contribution in [0.1, 0.15) is 25.8 Å². The molecule has 2 aliphatic rings. The van der Waals surface area contributed by atoms with Gasteiger partial charge in [-0.1, -0.05) is 37.3 Å². The number of rotatable bonds is 6. The smallest absolute Gasteiger partial charge is 0.317 e. The summed E-state index contributed by atoms with van der Waals surface area (Å²) in [6.45, 7) is 10.4. The Labute approximate surface area is 151 Å². The van der Waals surface area contributed by atoms with E-state index in [2.05, 4.69) is 41.4 Å². The summed E-state index contributed by atoms with van der Waals surface area (Å²) in [4.78, 5) is 17.0. The number of carbonyl (C=O) groups excluding carboxylic acids is 1. The van der Waals surface area contributed by atoms with E-state index in [1.165, 1.54) is 5.56 Å². The Balaban J connectivity index is 1.45. The van der Waals surface area contributed by atoms with E-state index in [0.717, 1.165) is 52.4 Å². The van der Waals surface area contributed by atoms with Gasteiger partial charge in [-0.3, -0.25) is 4.90 Å². The van der Waals surface area contributed by atoms with E-state index >= 15 is 0 Å². The van der Waals surface area contributed by atoms with E-state index in [9.17, 15) is 4.79 Å². The third-order valence-corrected chi connectivity index (χ3v) is 5.38. The maximum atomic E-state index is 12.6. The number of urea groups is 1. The number of likely N-dealkylation sites (tertiary alicyclic amines) is 2. The maximum Gasteiger partial charge on any atom is 0.317 e. The molecular weight excluding hydrogens is 314 g/mol. The summed E-state index contributed by atoms with van der Waals surface area (Å²) in [6.07, 6.45) is 1.05. The fourth-order valence-corrected chi connectivity index (χ4v) is 3.91. The van der Waals surface area contributed by atoms with E-state index < -0.39 is 0 Å². The SMILES string of the molecule is CCOCC1CCN(C(=O)NC2CN(Cc3ccccc3)CC2C)C1. The first-order valence-electron chi connectivity index (χ1n) is 9.55. The summed E-state index contributed by atoms with van der Waals surface area (Å²) in [5.74, 6) is 0.968. The highest BCUT2D eigenvalue weighted by molar-refractivity contribution is 5.75. The molecular formula is C20H31N3O2. The zero-order valence-corrected chi connectivity index (χ0v) is 15.5. The lowest BCUT2D eigenvalue weighted by atomic mass is 10.1. The molecule has 3 unspecified atom stereocenters. The summed E-state index contributed by atoms with van der Waals surface area (Å²) in [5, 5.41) is 3.27. The predicted octanol–water partition coefficient (Wildman–Crippen LogP) is 2.57. The van der Waals surface area contributed by atoms with E-state index in [0.29, 0.717) is 11.8 Å². The first-order chi connectivity index (χ1) is 12.2. The molecule has 2 aliphatic heterocycles. The molecule has 0 aliphatic carbocycles. The summed E-state index contributed by atoms with van der Waals surface area (Å²) in [7, 11) is 0. The normalized spacial score (nSPS) is 27.0. The van der Waals surface area contributed by atoms with Gasteiger partial charge in [0, 0.05) is 51.3 Å². The van der Waals surface area contributed by atoms with Crippen LogP contribution in [0.5, 0.6) is 0 Å². The molecule has 0 spiro atoms. The molecule has 2 heterocycles. The van der Waals surface area contributed by atoms with Crippen LogP contribution >= 0.6 is 0 Å². The second-order valence-corrected chi connectivity index (χ2v) is 7.47. The molecule has 3 rings (SSSR count). The van der Waals surface area contributed by atoms with Crippen molar-refractivity contribution < 1.29 is 9.53 Å². The molecule has 0 saturated carbocycles. The van der Waals surface area contributed by atoms with Crippen molar-refractivity contribution in [2.75, 3.05) is 39.4 Å². The van der Waals surface area contributed by atoms with Crippen LogP contribution < -0.4 is 5.32 Å². The van der Waals surface area contributed by atoms with Crippen LogP contribution in [0.15, 0.2) is 30.3 Å². The van der Waals surface area contributed by atoms with Crippen molar-refractivity contribution in [2.45, 2.75) is 32.9 Å². The second kappa shape index (κ2) is 8.68. The van der Waals surface area contributed by atoms with E-state index in [-0.39, 0.29) is 12.1 Å². The van der Waals surface area contributed by atoms with Gasteiger partial charge in [0.25, 0.3) is 0 Å². The Morgan fingerprint density at radius 1 is 1.24 bits per heavy atom. The Morgan fingerprint density at radius 3 is 2.80 bits per heavy atom. The molecule has 1 aromatic rings. The Hall–Kier alpha value is -1.59. The van der Waals surface area contributed by atoms with Gasteiger partial charge in [-0.05, 0) is 24.8 Å². The van der Waals surface area contributed by atoms with Crippen molar-refractivity contribution in [3.63, 3.8) is 0 Å². The molecule has 0 bridgehead atoms. The average molecular weight is 345 g/mol. The lowest BCUT2D eigenvalue weighted by Crippen LogP contribution is -2.46. The third-order valence-electron chi connectivity index (χ3n) is 5.38. The largest absolute Gasteiger partial charge is 0.381 e. The van der Waals surface area contributed by atoms with Gasteiger partial charge in [-0.15, -0.1) is 0 Å². The van der Waals surface area contributed by atoms with Crippen molar-refractivity contribution >= 4 is 6.03 Å². The molecule has 3 atom stereocenters. The molecule has 5 heteroatoms. The highest BCUT2D eigenvalue weighted by atomic mass is 16.5.